The molecule has 3 aromatic rings. The van der Waals surface area contributed by atoms with Crippen LogP contribution in [0.3, 0.4) is 0 Å². The molecule has 1 aromatic heterocycles. The summed E-state index contributed by atoms with van der Waals surface area (Å²) >= 11 is 0. The number of rotatable bonds is 12. The first-order valence-electron chi connectivity index (χ1n) is 10.9. The lowest BCUT2D eigenvalue weighted by Crippen LogP contribution is -2.03. The number of aryl methyl sites for hydroxylation is 1. The Morgan fingerprint density at radius 2 is 1.48 bits per heavy atom. The van der Waals surface area contributed by atoms with Gasteiger partial charge in [-0.2, -0.15) is 0 Å². The van der Waals surface area contributed by atoms with Crippen molar-refractivity contribution in [3.63, 3.8) is 0 Å². The molecule has 31 heavy (non-hydrogen) atoms. The Morgan fingerprint density at radius 3 is 2.13 bits per heavy atom. The topological polar surface area (TPSA) is 74.5 Å². The average molecular weight is 442 g/mol. The maximum absolute atomic E-state index is 13.5. The summed E-state index contributed by atoms with van der Waals surface area (Å²) in [6.07, 6.45) is 3.78. The Balaban J connectivity index is 1.84. The molecule has 2 aromatic carbocycles. The molecule has 6 nitrogen and oxygen atoms in total. The number of unbranched alkanes of at least 4 members (excludes halogenated alkanes) is 2. The van der Waals surface area contributed by atoms with E-state index < -0.39 is 7.60 Å². The van der Waals surface area contributed by atoms with Crippen LogP contribution < -0.4 is 0 Å². The predicted molar refractivity (Wildman–Crippen MR) is 123 cm³/mol. The quantitative estimate of drug-likeness (QED) is 0.221. The van der Waals surface area contributed by atoms with Crippen molar-refractivity contribution in [3.05, 3.63) is 59.7 Å². The first-order valence-corrected chi connectivity index (χ1v) is 12.6. The molecule has 0 amide bonds. The van der Waals surface area contributed by atoms with Gasteiger partial charge in [0.05, 0.1) is 19.4 Å². The Morgan fingerprint density at radius 1 is 0.871 bits per heavy atom. The molecule has 0 unspecified atom stereocenters. The van der Waals surface area contributed by atoms with E-state index in [9.17, 15) is 4.57 Å². The van der Waals surface area contributed by atoms with Gasteiger partial charge in [0.1, 0.15) is 0 Å². The van der Waals surface area contributed by atoms with E-state index in [4.69, 9.17) is 13.5 Å². The zero-order valence-corrected chi connectivity index (χ0v) is 19.4. The van der Waals surface area contributed by atoms with E-state index in [0.717, 1.165) is 47.9 Å². The Kier molecular flexibility index (Phi) is 8.59. The molecule has 0 N–H and O–H groups in total. The standard InChI is InChI=1S/C24H31N2O4P/c1-4-6-16-28-31(27,29-17-7-5-2)18-21-10-8-9-11-22(21)24-26-25-23(30-24)20-14-12-19(3)13-15-20/h8-15H,4-7,16-18H2,1-3H3. The van der Waals surface area contributed by atoms with E-state index in [1.54, 1.807) is 0 Å². The van der Waals surface area contributed by atoms with Gasteiger partial charge in [-0.25, -0.2) is 0 Å². The number of aromatic nitrogens is 2. The summed E-state index contributed by atoms with van der Waals surface area (Å²) in [7, 11) is -3.29. The number of benzene rings is 2. The van der Waals surface area contributed by atoms with Gasteiger partial charge in [-0.3, -0.25) is 4.57 Å². The maximum Gasteiger partial charge on any atom is 0.335 e. The highest BCUT2D eigenvalue weighted by molar-refractivity contribution is 7.53. The molecule has 3 rings (SSSR count). The van der Waals surface area contributed by atoms with Crippen molar-refractivity contribution in [2.75, 3.05) is 13.2 Å². The molecular weight excluding hydrogens is 411 g/mol. The highest BCUT2D eigenvalue weighted by atomic mass is 31.2. The van der Waals surface area contributed by atoms with E-state index in [-0.39, 0.29) is 6.16 Å². The lowest BCUT2D eigenvalue weighted by molar-refractivity contribution is 0.199. The number of hydrogen-bond acceptors (Lipinski definition) is 6. The molecule has 0 aliphatic rings. The molecule has 0 saturated heterocycles. The molecule has 0 fully saturated rings. The molecule has 0 saturated carbocycles. The monoisotopic (exact) mass is 442 g/mol. The van der Waals surface area contributed by atoms with E-state index in [1.807, 2.05) is 55.5 Å². The number of nitrogens with zero attached hydrogens (tertiary/aromatic N) is 2. The first kappa shape index (κ1) is 23.4. The van der Waals surface area contributed by atoms with Crippen LogP contribution in [0.4, 0.5) is 0 Å². The fraction of sp³-hybridized carbons (Fsp3) is 0.417. The Hall–Kier alpha value is -2.27. The van der Waals surface area contributed by atoms with Crippen molar-refractivity contribution in [2.45, 2.75) is 52.6 Å². The van der Waals surface area contributed by atoms with Crippen LogP contribution in [0.15, 0.2) is 52.9 Å². The van der Waals surface area contributed by atoms with Gasteiger partial charge in [0.2, 0.25) is 11.8 Å². The van der Waals surface area contributed by atoms with Crippen LogP contribution in [0.2, 0.25) is 0 Å². The fourth-order valence-corrected chi connectivity index (χ4v) is 4.81. The molecule has 0 spiro atoms. The third-order valence-electron chi connectivity index (χ3n) is 4.91. The second-order valence-corrected chi connectivity index (χ2v) is 9.63. The zero-order chi connectivity index (χ0) is 22.1. The van der Waals surface area contributed by atoms with Crippen LogP contribution in [0, 0.1) is 6.92 Å². The molecule has 7 heteroatoms. The third-order valence-corrected chi connectivity index (χ3v) is 6.79. The molecule has 166 valence electrons. The molecule has 1 heterocycles. The number of hydrogen-bond donors (Lipinski definition) is 0. The molecular formula is C24H31N2O4P. The zero-order valence-electron chi connectivity index (χ0n) is 18.5. The molecule has 0 bridgehead atoms. The summed E-state index contributed by atoms with van der Waals surface area (Å²) in [5.74, 6) is 0.839. The minimum atomic E-state index is -3.29. The summed E-state index contributed by atoms with van der Waals surface area (Å²) in [5.41, 5.74) is 3.57. The summed E-state index contributed by atoms with van der Waals surface area (Å²) in [5, 5.41) is 8.44. The molecule has 0 aliphatic heterocycles. The van der Waals surface area contributed by atoms with Crippen LogP contribution in [0.5, 0.6) is 0 Å². The van der Waals surface area contributed by atoms with Gasteiger partial charge >= 0.3 is 7.60 Å². The largest absolute Gasteiger partial charge is 0.416 e. The van der Waals surface area contributed by atoms with E-state index >= 15 is 0 Å². The summed E-state index contributed by atoms with van der Waals surface area (Å²) in [4.78, 5) is 0. The van der Waals surface area contributed by atoms with Gasteiger partial charge in [0, 0.05) is 11.1 Å². The SMILES string of the molecule is CCCCOP(=O)(Cc1ccccc1-c1nnc(-c2ccc(C)cc2)o1)OCCCC. The second kappa shape index (κ2) is 11.4. The highest BCUT2D eigenvalue weighted by Gasteiger charge is 2.27. The van der Waals surface area contributed by atoms with Crippen LogP contribution in [0.1, 0.15) is 50.7 Å². The van der Waals surface area contributed by atoms with Crippen molar-refractivity contribution in [3.8, 4) is 22.9 Å². The Labute approximate surface area is 184 Å². The van der Waals surface area contributed by atoms with Crippen molar-refractivity contribution in [2.24, 2.45) is 0 Å². The van der Waals surface area contributed by atoms with E-state index in [0.29, 0.717) is 25.0 Å². The summed E-state index contributed by atoms with van der Waals surface area (Å²) in [6, 6.07) is 15.5. The second-order valence-electron chi connectivity index (χ2n) is 7.58. The Bertz CT molecular complexity index is 987. The minimum Gasteiger partial charge on any atom is -0.416 e. The van der Waals surface area contributed by atoms with Crippen LogP contribution in [0.25, 0.3) is 22.9 Å². The lowest BCUT2D eigenvalue weighted by atomic mass is 10.1. The van der Waals surface area contributed by atoms with Gasteiger partial charge in [0.15, 0.2) is 0 Å². The lowest BCUT2D eigenvalue weighted by Gasteiger charge is -2.19. The van der Waals surface area contributed by atoms with Gasteiger partial charge in [-0.15, -0.1) is 10.2 Å². The van der Waals surface area contributed by atoms with Crippen LogP contribution >= 0.6 is 7.60 Å². The predicted octanol–water partition coefficient (Wildman–Crippen LogP) is 7.04. The maximum atomic E-state index is 13.5. The van der Waals surface area contributed by atoms with Crippen LogP contribution in [-0.4, -0.2) is 23.4 Å². The fourth-order valence-electron chi connectivity index (χ4n) is 3.04. The van der Waals surface area contributed by atoms with Gasteiger partial charge < -0.3 is 13.5 Å². The van der Waals surface area contributed by atoms with E-state index in [2.05, 4.69) is 24.0 Å². The van der Waals surface area contributed by atoms with Crippen molar-refractivity contribution in [1.82, 2.24) is 10.2 Å². The first-order chi connectivity index (χ1) is 15.0. The van der Waals surface area contributed by atoms with Gasteiger partial charge in [0.25, 0.3) is 0 Å². The average Bonchev–Trinajstić information content (AvgIpc) is 3.25. The van der Waals surface area contributed by atoms with Gasteiger partial charge in [-0.05, 0) is 43.5 Å². The normalized spacial score (nSPS) is 11.7. The van der Waals surface area contributed by atoms with E-state index in [1.165, 1.54) is 0 Å². The smallest absolute Gasteiger partial charge is 0.335 e. The van der Waals surface area contributed by atoms with Crippen LogP contribution in [-0.2, 0) is 19.8 Å². The van der Waals surface area contributed by atoms with Crippen molar-refractivity contribution in [1.29, 1.82) is 0 Å². The highest BCUT2D eigenvalue weighted by Crippen LogP contribution is 2.52. The van der Waals surface area contributed by atoms with Gasteiger partial charge in [-0.1, -0.05) is 62.6 Å². The summed E-state index contributed by atoms with van der Waals surface area (Å²) in [6.45, 7) is 7.01. The summed E-state index contributed by atoms with van der Waals surface area (Å²) < 4.78 is 30.9. The molecule has 0 atom stereocenters. The molecule has 0 radical (unpaired) electrons. The minimum absolute atomic E-state index is 0.166. The van der Waals surface area contributed by atoms with Crippen molar-refractivity contribution < 1.29 is 18.0 Å². The van der Waals surface area contributed by atoms with Crippen molar-refractivity contribution >= 4 is 7.60 Å². The molecule has 0 aliphatic carbocycles. The third kappa shape index (κ3) is 6.60.